The second-order valence-electron chi connectivity index (χ2n) is 5.23. The van der Waals surface area contributed by atoms with E-state index in [1.807, 2.05) is 42.5 Å². The monoisotopic (exact) mass is 422 g/mol. The first-order valence-corrected chi connectivity index (χ1v) is 9.54. The Morgan fingerprint density at radius 2 is 1.73 bits per heavy atom. The second-order valence-corrected chi connectivity index (χ2v) is 7.60. The Morgan fingerprint density at radius 1 is 0.962 bits per heavy atom. The Labute approximate surface area is 170 Å². The van der Waals surface area contributed by atoms with Gasteiger partial charge in [-0.05, 0) is 48.5 Å². The Hall–Kier alpha value is -1.72. The van der Waals surface area contributed by atoms with Crippen LogP contribution < -0.4 is 0 Å². The molecule has 0 aliphatic carbocycles. The molecule has 1 heterocycles. The van der Waals surface area contributed by atoms with Crippen molar-refractivity contribution in [2.24, 2.45) is 5.16 Å². The number of halogens is 3. The van der Waals surface area contributed by atoms with Crippen LogP contribution in [-0.2, 0) is 11.4 Å². The maximum atomic E-state index is 6.08. The largest absolute Gasteiger partial charge is 0.391 e. The first-order valence-electron chi connectivity index (χ1n) is 7.59. The molecule has 3 aromatic rings. The highest BCUT2D eigenvalue weighted by Gasteiger charge is 2.02. The van der Waals surface area contributed by atoms with E-state index in [4.69, 9.17) is 39.6 Å². The summed E-state index contributed by atoms with van der Waals surface area (Å²) in [6.45, 7) is 0.268. The fraction of sp³-hybridized carbons (Fsp3) is 0.0526. The molecule has 0 saturated heterocycles. The van der Waals surface area contributed by atoms with Gasteiger partial charge in [0.1, 0.15) is 11.6 Å². The third-order valence-corrected chi connectivity index (χ3v) is 5.10. The van der Waals surface area contributed by atoms with E-state index in [9.17, 15) is 0 Å². The van der Waals surface area contributed by atoms with Crippen molar-refractivity contribution in [3.05, 3.63) is 87.0 Å². The van der Waals surface area contributed by atoms with Crippen molar-refractivity contribution < 1.29 is 4.84 Å². The number of oxime groups is 1. The van der Waals surface area contributed by atoms with Crippen molar-refractivity contribution in [3.63, 3.8) is 0 Å². The van der Waals surface area contributed by atoms with E-state index in [1.54, 1.807) is 36.3 Å². The number of aromatic nitrogens is 1. The molecule has 1 aromatic heterocycles. The number of hydrogen-bond acceptors (Lipinski definition) is 4. The molecule has 3 rings (SSSR count). The van der Waals surface area contributed by atoms with Crippen LogP contribution in [0, 0.1) is 0 Å². The summed E-state index contributed by atoms with van der Waals surface area (Å²) in [5, 5.41) is 6.69. The average Bonchev–Trinajstić information content (AvgIpc) is 2.63. The van der Waals surface area contributed by atoms with Crippen LogP contribution >= 0.6 is 46.6 Å². The molecule has 2 aromatic carbocycles. The van der Waals surface area contributed by atoms with Crippen LogP contribution in [0.1, 0.15) is 11.1 Å². The zero-order valence-corrected chi connectivity index (χ0v) is 16.5. The summed E-state index contributed by atoms with van der Waals surface area (Å²) < 4.78 is 0. The minimum atomic E-state index is 0.268. The molecule has 0 aliphatic rings. The molecule has 0 spiro atoms. The number of hydrogen-bond donors (Lipinski definition) is 0. The average molecular weight is 424 g/mol. The molecular formula is C19H13Cl3N2OS. The Bertz CT molecular complexity index is 900. The van der Waals surface area contributed by atoms with E-state index < -0.39 is 0 Å². The van der Waals surface area contributed by atoms with Crippen LogP contribution in [-0.4, -0.2) is 11.2 Å². The van der Waals surface area contributed by atoms with E-state index in [1.165, 1.54) is 0 Å². The van der Waals surface area contributed by atoms with Crippen LogP contribution in [0.3, 0.4) is 0 Å². The third kappa shape index (κ3) is 5.64. The standard InChI is InChI=1S/C19H13Cl3N2OS/c20-15-4-6-17(7-5-15)26-19-8-1-13(10-23-19)11-24-25-12-14-2-3-16(21)9-18(14)22/h1-11H,12H2/b24-11-. The van der Waals surface area contributed by atoms with Crippen LogP contribution in [0.25, 0.3) is 0 Å². The summed E-state index contributed by atoms with van der Waals surface area (Å²) in [6.07, 6.45) is 3.34. The zero-order valence-electron chi connectivity index (χ0n) is 13.4. The summed E-state index contributed by atoms with van der Waals surface area (Å²) >= 11 is 19.4. The predicted molar refractivity (Wildman–Crippen MR) is 109 cm³/mol. The van der Waals surface area contributed by atoms with Crippen LogP contribution in [0.15, 0.2) is 75.9 Å². The summed E-state index contributed by atoms with van der Waals surface area (Å²) in [4.78, 5) is 10.8. The molecule has 0 radical (unpaired) electrons. The molecule has 0 N–H and O–H groups in total. The van der Waals surface area contributed by atoms with Gasteiger partial charge in [0.15, 0.2) is 0 Å². The third-order valence-electron chi connectivity index (χ3n) is 3.31. The van der Waals surface area contributed by atoms with Crippen molar-refractivity contribution in [1.29, 1.82) is 0 Å². The van der Waals surface area contributed by atoms with Crippen molar-refractivity contribution >= 4 is 52.8 Å². The molecule has 3 nitrogen and oxygen atoms in total. The SMILES string of the molecule is Clc1ccc(Sc2ccc(/C=N\OCc3ccc(Cl)cc3Cl)cn2)cc1. The van der Waals surface area contributed by atoms with Gasteiger partial charge in [0.25, 0.3) is 0 Å². The zero-order chi connectivity index (χ0) is 18.4. The number of rotatable bonds is 6. The highest BCUT2D eigenvalue weighted by Crippen LogP contribution is 2.27. The fourth-order valence-corrected chi connectivity index (χ4v) is 3.34. The second kappa shape index (κ2) is 9.28. The van der Waals surface area contributed by atoms with E-state index >= 15 is 0 Å². The normalized spacial score (nSPS) is 11.0. The lowest BCUT2D eigenvalue weighted by molar-refractivity contribution is 0.132. The number of benzene rings is 2. The highest BCUT2D eigenvalue weighted by atomic mass is 35.5. The molecule has 0 aliphatic heterocycles. The van der Waals surface area contributed by atoms with Gasteiger partial charge < -0.3 is 4.84 Å². The van der Waals surface area contributed by atoms with Gasteiger partial charge in [-0.2, -0.15) is 0 Å². The van der Waals surface area contributed by atoms with Gasteiger partial charge >= 0.3 is 0 Å². The lowest BCUT2D eigenvalue weighted by atomic mass is 10.2. The molecule has 0 unspecified atom stereocenters. The van der Waals surface area contributed by atoms with Gasteiger partial charge in [-0.15, -0.1) is 0 Å². The Morgan fingerprint density at radius 3 is 2.42 bits per heavy atom. The first-order chi connectivity index (χ1) is 12.6. The fourth-order valence-electron chi connectivity index (χ4n) is 2.00. The quantitative estimate of drug-likeness (QED) is 0.325. The van der Waals surface area contributed by atoms with Gasteiger partial charge in [0, 0.05) is 37.3 Å². The minimum Gasteiger partial charge on any atom is -0.391 e. The molecule has 0 saturated carbocycles. The van der Waals surface area contributed by atoms with Gasteiger partial charge in [0.05, 0.1) is 6.21 Å². The Kier molecular flexibility index (Phi) is 6.80. The molecular weight excluding hydrogens is 411 g/mol. The predicted octanol–water partition coefficient (Wildman–Crippen LogP) is 6.74. The number of nitrogens with zero attached hydrogens (tertiary/aromatic N) is 2. The molecule has 7 heteroatoms. The minimum absolute atomic E-state index is 0.268. The van der Waals surface area contributed by atoms with E-state index in [2.05, 4.69) is 10.1 Å². The lowest BCUT2D eigenvalue weighted by Gasteiger charge is -2.03. The van der Waals surface area contributed by atoms with Gasteiger partial charge in [-0.1, -0.05) is 57.8 Å². The van der Waals surface area contributed by atoms with Crippen molar-refractivity contribution in [2.45, 2.75) is 16.5 Å². The Balaban J connectivity index is 1.53. The topological polar surface area (TPSA) is 34.5 Å². The summed E-state index contributed by atoms with van der Waals surface area (Å²) in [5.41, 5.74) is 1.66. The van der Waals surface area contributed by atoms with E-state index in [-0.39, 0.29) is 6.61 Å². The maximum absolute atomic E-state index is 6.08. The van der Waals surface area contributed by atoms with Crippen LogP contribution in [0.5, 0.6) is 0 Å². The molecule has 0 atom stereocenters. The molecule has 0 amide bonds. The van der Waals surface area contributed by atoms with E-state index in [0.717, 1.165) is 21.0 Å². The van der Waals surface area contributed by atoms with Crippen molar-refractivity contribution in [2.75, 3.05) is 0 Å². The first kappa shape index (κ1) is 19.1. The van der Waals surface area contributed by atoms with Crippen molar-refractivity contribution in [1.82, 2.24) is 4.98 Å². The summed E-state index contributed by atoms with van der Waals surface area (Å²) in [5.74, 6) is 0. The van der Waals surface area contributed by atoms with Gasteiger partial charge in [0.2, 0.25) is 0 Å². The van der Waals surface area contributed by atoms with Crippen molar-refractivity contribution in [3.8, 4) is 0 Å². The van der Waals surface area contributed by atoms with Crippen LogP contribution in [0.2, 0.25) is 15.1 Å². The number of pyridine rings is 1. The van der Waals surface area contributed by atoms with Crippen LogP contribution in [0.4, 0.5) is 0 Å². The molecule has 0 fully saturated rings. The maximum Gasteiger partial charge on any atom is 0.143 e. The highest BCUT2D eigenvalue weighted by molar-refractivity contribution is 7.99. The molecule has 26 heavy (non-hydrogen) atoms. The molecule has 0 bridgehead atoms. The van der Waals surface area contributed by atoms with E-state index in [0.29, 0.717) is 15.1 Å². The smallest absolute Gasteiger partial charge is 0.143 e. The molecule has 132 valence electrons. The van der Waals surface area contributed by atoms with Gasteiger partial charge in [-0.25, -0.2) is 4.98 Å². The summed E-state index contributed by atoms with van der Waals surface area (Å²) in [6, 6.07) is 16.7. The van der Waals surface area contributed by atoms with Gasteiger partial charge in [-0.3, -0.25) is 0 Å². The lowest BCUT2D eigenvalue weighted by Crippen LogP contribution is -1.90. The summed E-state index contributed by atoms with van der Waals surface area (Å²) in [7, 11) is 0.